The monoisotopic (exact) mass is 393 g/mol. The van der Waals surface area contributed by atoms with E-state index in [1.54, 1.807) is 4.57 Å². The first-order chi connectivity index (χ1) is 12.4. The first-order valence-electron chi connectivity index (χ1n) is 8.16. The second-order valence-corrected chi connectivity index (χ2v) is 7.30. The van der Waals surface area contributed by atoms with Crippen molar-refractivity contribution in [1.29, 1.82) is 0 Å². The van der Waals surface area contributed by atoms with Crippen LogP contribution in [0.5, 0.6) is 6.01 Å². The van der Waals surface area contributed by atoms with Crippen molar-refractivity contribution >= 4 is 40.4 Å². The molecule has 3 heterocycles. The van der Waals surface area contributed by atoms with E-state index in [1.165, 1.54) is 6.20 Å². The summed E-state index contributed by atoms with van der Waals surface area (Å²) in [6.45, 7) is 2.06. The van der Waals surface area contributed by atoms with Crippen molar-refractivity contribution in [3.63, 3.8) is 0 Å². The smallest absolute Gasteiger partial charge is 0.415 e. The van der Waals surface area contributed by atoms with Crippen LogP contribution in [0.15, 0.2) is 30.5 Å². The molecule has 0 amide bonds. The average Bonchev–Trinajstić information content (AvgIpc) is 3.13. The van der Waals surface area contributed by atoms with Crippen LogP contribution >= 0.6 is 23.8 Å². The number of hydrogen-bond donors (Lipinski definition) is 1. The number of piperidine rings is 1. The van der Waals surface area contributed by atoms with E-state index in [1.807, 2.05) is 24.3 Å². The molecule has 0 unspecified atom stereocenters. The molecular formula is C16H16ClN5O3S. The maximum atomic E-state index is 10.8. The quantitative estimate of drug-likeness (QED) is 0.476. The van der Waals surface area contributed by atoms with Crippen molar-refractivity contribution in [3.05, 3.63) is 45.6 Å². The zero-order valence-electron chi connectivity index (χ0n) is 13.7. The van der Waals surface area contributed by atoms with Crippen molar-refractivity contribution in [2.24, 2.45) is 0 Å². The van der Waals surface area contributed by atoms with Crippen molar-refractivity contribution < 1.29 is 9.66 Å². The number of anilines is 1. The Kier molecular flexibility index (Phi) is 4.20. The molecule has 136 valence electrons. The fourth-order valence-electron chi connectivity index (χ4n) is 3.32. The lowest BCUT2D eigenvalue weighted by atomic mass is 9.91. The Labute approximate surface area is 159 Å². The molecule has 1 N–H and O–H groups in total. The van der Waals surface area contributed by atoms with Crippen LogP contribution in [0.4, 0.5) is 11.5 Å². The standard InChI is InChI=1S/C16H16ClN5O3S/c17-11-1-3-12(4-2-11)18-15(26)20-7-5-16(6-8-20)10-21-9-13(22(23)24)19-14(21)25-16/h1-4,9H,5-8,10H2,(H,18,26). The Balaban J connectivity index is 1.35. The molecule has 1 spiro atoms. The van der Waals surface area contributed by atoms with E-state index in [0.29, 0.717) is 22.7 Å². The van der Waals surface area contributed by atoms with Crippen LogP contribution < -0.4 is 10.1 Å². The highest BCUT2D eigenvalue weighted by atomic mass is 35.5. The zero-order chi connectivity index (χ0) is 18.3. The van der Waals surface area contributed by atoms with E-state index < -0.39 is 4.92 Å². The number of nitrogens with one attached hydrogen (secondary N) is 1. The van der Waals surface area contributed by atoms with Crippen molar-refractivity contribution in [3.8, 4) is 6.01 Å². The summed E-state index contributed by atoms with van der Waals surface area (Å²) in [6.07, 6.45) is 2.97. The highest BCUT2D eigenvalue weighted by Gasteiger charge is 2.46. The Morgan fingerprint density at radius 1 is 1.35 bits per heavy atom. The van der Waals surface area contributed by atoms with Gasteiger partial charge in [0.2, 0.25) is 0 Å². The number of benzene rings is 1. The SMILES string of the molecule is O=[N+]([O-])c1cn2c(n1)OC1(CCN(C(=S)Nc3ccc(Cl)cc3)CC1)C2. The molecular weight excluding hydrogens is 378 g/mol. The molecule has 0 atom stereocenters. The van der Waals surface area contributed by atoms with Crippen LogP contribution in [-0.2, 0) is 6.54 Å². The molecule has 8 nitrogen and oxygen atoms in total. The maximum absolute atomic E-state index is 10.8. The van der Waals surface area contributed by atoms with Gasteiger partial charge in [-0.25, -0.2) is 0 Å². The van der Waals surface area contributed by atoms with Crippen molar-refractivity contribution in [2.75, 3.05) is 18.4 Å². The third-order valence-electron chi connectivity index (χ3n) is 4.74. The molecule has 2 aliphatic heterocycles. The number of rotatable bonds is 2. The van der Waals surface area contributed by atoms with Gasteiger partial charge in [-0.15, -0.1) is 0 Å². The first kappa shape index (κ1) is 17.0. The summed E-state index contributed by atoms with van der Waals surface area (Å²) in [4.78, 5) is 16.3. The van der Waals surface area contributed by atoms with Gasteiger partial charge in [0, 0.05) is 41.6 Å². The van der Waals surface area contributed by atoms with Gasteiger partial charge in [0.15, 0.2) is 5.11 Å². The van der Waals surface area contributed by atoms with Gasteiger partial charge in [0.25, 0.3) is 0 Å². The van der Waals surface area contributed by atoms with Gasteiger partial charge in [-0.3, -0.25) is 4.57 Å². The van der Waals surface area contributed by atoms with Crippen LogP contribution in [0.25, 0.3) is 0 Å². The van der Waals surface area contributed by atoms with E-state index in [9.17, 15) is 10.1 Å². The molecule has 0 aliphatic carbocycles. The lowest BCUT2D eigenvalue weighted by Crippen LogP contribution is -2.50. The molecule has 1 aromatic carbocycles. The minimum absolute atomic E-state index is 0.180. The fraction of sp³-hybridized carbons (Fsp3) is 0.375. The molecule has 1 fully saturated rings. The molecule has 0 radical (unpaired) electrons. The number of ether oxygens (including phenoxy) is 1. The van der Waals surface area contributed by atoms with E-state index >= 15 is 0 Å². The summed E-state index contributed by atoms with van der Waals surface area (Å²) < 4.78 is 7.69. The predicted octanol–water partition coefficient (Wildman–Crippen LogP) is 3.07. The van der Waals surface area contributed by atoms with Crippen LogP contribution in [-0.4, -0.2) is 43.2 Å². The highest BCUT2D eigenvalue weighted by Crippen LogP contribution is 2.37. The van der Waals surface area contributed by atoms with Gasteiger partial charge in [-0.1, -0.05) is 11.6 Å². The van der Waals surface area contributed by atoms with Crippen LogP contribution in [0.3, 0.4) is 0 Å². The average molecular weight is 394 g/mol. The molecule has 4 rings (SSSR count). The second kappa shape index (κ2) is 6.40. The Morgan fingerprint density at radius 3 is 2.65 bits per heavy atom. The van der Waals surface area contributed by atoms with Crippen molar-refractivity contribution in [2.45, 2.75) is 25.0 Å². The third-order valence-corrected chi connectivity index (χ3v) is 5.35. The van der Waals surface area contributed by atoms with Gasteiger partial charge in [-0.05, 0) is 41.4 Å². The normalized spacial score (nSPS) is 17.7. The summed E-state index contributed by atoms with van der Waals surface area (Å²) in [6, 6.07) is 7.71. The number of halogens is 1. The largest absolute Gasteiger partial charge is 0.437 e. The maximum Gasteiger partial charge on any atom is 0.415 e. The molecule has 0 bridgehead atoms. The fourth-order valence-corrected chi connectivity index (χ4v) is 3.74. The predicted molar refractivity (Wildman–Crippen MR) is 101 cm³/mol. The van der Waals surface area contributed by atoms with Gasteiger partial charge < -0.3 is 25.1 Å². The summed E-state index contributed by atoms with van der Waals surface area (Å²) in [7, 11) is 0. The number of thiocarbonyl (C=S) groups is 1. The lowest BCUT2D eigenvalue weighted by molar-refractivity contribution is -0.389. The molecule has 1 saturated heterocycles. The number of fused-ring (bicyclic) bond motifs is 1. The summed E-state index contributed by atoms with van der Waals surface area (Å²) in [5.41, 5.74) is 0.536. The number of imidazole rings is 1. The number of likely N-dealkylation sites (tertiary alicyclic amines) is 1. The van der Waals surface area contributed by atoms with E-state index in [0.717, 1.165) is 31.6 Å². The molecule has 10 heteroatoms. The highest BCUT2D eigenvalue weighted by molar-refractivity contribution is 7.80. The minimum atomic E-state index is -0.509. The number of nitro groups is 1. The number of aromatic nitrogens is 2. The molecule has 2 aliphatic rings. The lowest BCUT2D eigenvalue weighted by Gasteiger charge is -2.38. The van der Waals surface area contributed by atoms with Gasteiger partial charge >= 0.3 is 11.8 Å². The van der Waals surface area contributed by atoms with Crippen molar-refractivity contribution in [1.82, 2.24) is 14.5 Å². The topological polar surface area (TPSA) is 85.5 Å². The summed E-state index contributed by atoms with van der Waals surface area (Å²) in [5.74, 6) is -0.180. The van der Waals surface area contributed by atoms with Gasteiger partial charge in [-0.2, -0.15) is 0 Å². The summed E-state index contributed by atoms with van der Waals surface area (Å²) >= 11 is 11.4. The first-order valence-corrected chi connectivity index (χ1v) is 8.95. The number of nitrogens with zero attached hydrogens (tertiary/aromatic N) is 4. The van der Waals surface area contributed by atoms with Crippen LogP contribution in [0, 0.1) is 10.1 Å². The molecule has 26 heavy (non-hydrogen) atoms. The van der Waals surface area contributed by atoms with E-state index in [4.69, 9.17) is 28.6 Å². The summed E-state index contributed by atoms with van der Waals surface area (Å²) in [5, 5.41) is 15.4. The molecule has 0 saturated carbocycles. The Bertz CT molecular complexity index is 836. The zero-order valence-corrected chi connectivity index (χ0v) is 15.3. The van der Waals surface area contributed by atoms with Crippen LogP contribution in [0.1, 0.15) is 12.8 Å². The third kappa shape index (κ3) is 3.19. The molecule has 1 aromatic heterocycles. The van der Waals surface area contributed by atoms with E-state index in [2.05, 4.69) is 15.2 Å². The number of hydrogen-bond acceptors (Lipinski definition) is 5. The van der Waals surface area contributed by atoms with Gasteiger partial charge in [0.05, 0.1) is 6.54 Å². The Morgan fingerprint density at radius 2 is 2.04 bits per heavy atom. The van der Waals surface area contributed by atoms with Gasteiger partial charge in [0.1, 0.15) is 11.8 Å². The Hall–Kier alpha value is -2.39. The van der Waals surface area contributed by atoms with E-state index in [-0.39, 0.29) is 11.4 Å². The second-order valence-electron chi connectivity index (χ2n) is 6.48. The minimum Gasteiger partial charge on any atom is -0.437 e. The molecule has 2 aromatic rings. The van der Waals surface area contributed by atoms with Crippen LogP contribution in [0.2, 0.25) is 5.02 Å².